The monoisotopic (exact) mass is 339 g/mol. The molecule has 2 rings (SSSR count). The van der Waals surface area contributed by atoms with E-state index >= 15 is 0 Å². The number of halogens is 1. The van der Waals surface area contributed by atoms with Gasteiger partial charge in [0.05, 0.1) is 0 Å². The SMILES string of the molecule is Cl.NCC1CCN(C(=O)CCCNC(=O)c2ccccc2)CC1. The van der Waals surface area contributed by atoms with Crippen LogP contribution in [0.4, 0.5) is 0 Å². The lowest BCUT2D eigenvalue weighted by Gasteiger charge is -2.31. The molecule has 1 aromatic carbocycles. The number of nitrogens with one attached hydrogen (secondary N) is 1. The van der Waals surface area contributed by atoms with Crippen LogP contribution in [0.1, 0.15) is 36.0 Å². The molecule has 0 aromatic heterocycles. The normalized spacial score (nSPS) is 14.9. The van der Waals surface area contributed by atoms with Crippen LogP contribution in [0.25, 0.3) is 0 Å². The van der Waals surface area contributed by atoms with Gasteiger partial charge in [-0.2, -0.15) is 0 Å². The van der Waals surface area contributed by atoms with Crippen molar-refractivity contribution >= 4 is 24.2 Å². The molecule has 2 amide bonds. The van der Waals surface area contributed by atoms with Crippen LogP contribution < -0.4 is 11.1 Å². The molecule has 0 aliphatic carbocycles. The average molecular weight is 340 g/mol. The highest BCUT2D eigenvalue weighted by molar-refractivity contribution is 5.94. The number of nitrogens with zero attached hydrogens (tertiary/aromatic N) is 1. The van der Waals surface area contributed by atoms with E-state index < -0.39 is 0 Å². The largest absolute Gasteiger partial charge is 0.352 e. The van der Waals surface area contributed by atoms with Gasteiger partial charge in [0.2, 0.25) is 5.91 Å². The first kappa shape index (κ1) is 19.5. The molecular weight excluding hydrogens is 314 g/mol. The lowest BCUT2D eigenvalue weighted by atomic mass is 9.97. The number of carbonyl (C=O) groups is 2. The molecule has 1 aliphatic heterocycles. The third-order valence-electron chi connectivity index (χ3n) is 4.19. The quantitative estimate of drug-likeness (QED) is 0.776. The van der Waals surface area contributed by atoms with Crippen molar-refractivity contribution in [2.45, 2.75) is 25.7 Å². The molecule has 0 radical (unpaired) electrons. The Morgan fingerprint density at radius 3 is 2.43 bits per heavy atom. The fourth-order valence-electron chi connectivity index (χ4n) is 2.71. The molecule has 1 aromatic rings. The molecule has 6 heteroatoms. The zero-order chi connectivity index (χ0) is 15.8. The Kier molecular flexibility index (Phi) is 8.66. The molecule has 23 heavy (non-hydrogen) atoms. The molecule has 128 valence electrons. The molecule has 1 fully saturated rings. The van der Waals surface area contributed by atoms with Crippen molar-refractivity contribution in [1.29, 1.82) is 0 Å². The van der Waals surface area contributed by atoms with Gasteiger partial charge in [0.25, 0.3) is 5.91 Å². The maximum absolute atomic E-state index is 12.1. The number of hydrogen-bond acceptors (Lipinski definition) is 3. The summed E-state index contributed by atoms with van der Waals surface area (Å²) in [5.41, 5.74) is 6.31. The lowest BCUT2D eigenvalue weighted by Crippen LogP contribution is -2.40. The van der Waals surface area contributed by atoms with E-state index in [1.807, 2.05) is 23.1 Å². The van der Waals surface area contributed by atoms with Gasteiger partial charge in [0, 0.05) is 31.6 Å². The molecule has 0 atom stereocenters. The first-order valence-electron chi connectivity index (χ1n) is 8.02. The summed E-state index contributed by atoms with van der Waals surface area (Å²) in [5.74, 6) is 0.662. The van der Waals surface area contributed by atoms with Gasteiger partial charge in [-0.3, -0.25) is 9.59 Å². The van der Waals surface area contributed by atoms with E-state index in [1.54, 1.807) is 12.1 Å². The first-order chi connectivity index (χ1) is 10.7. The molecular formula is C17H26ClN3O2. The highest BCUT2D eigenvalue weighted by atomic mass is 35.5. The zero-order valence-electron chi connectivity index (χ0n) is 13.4. The first-order valence-corrected chi connectivity index (χ1v) is 8.02. The average Bonchev–Trinajstić information content (AvgIpc) is 2.59. The number of nitrogens with two attached hydrogens (primary N) is 1. The molecule has 0 spiro atoms. The molecule has 0 bridgehead atoms. The van der Waals surface area contributed by atoms with E-state index in [4.69, 9.17) is 5.73 Å². The predicted molar refractivity (Wildman–Crippen MR) is 93.6 cm³/mol. The molecule has 1 heterocycles. The second-order valence-electron chi connectivity index (χ2n) is 5.79. The maximum atomic E-state index is 12.1. The number of rotatable bonds is 6. The summed E-state index contributed by atoms with van der Waals surface area (Å²) in [6.07, 6.45) is 3.18. The van der Waals surface area contributed by atoms with Gasteiger partial charge in [-0.05, 0) is 43.9 Å². The highest BCUT2D eigenvalue weighted by Crippen LogP contribution is 2.16. The highest BCUT2D eigenvalue weighted by Gasteiger charge is 2.21. The summed E-state index contributed by atoms with van der Waals surface area (Å²) < 4.78 is 0. The summed E-state index contributed by atoms with van der Waals surface area (Å²) in [4.78, 5) is 25.9. The number of amides is 2. The molecule has 1 aliphatic rings. The van der Waals surface area contributed by atoms with Crippen molar-refractivity contribution in [3.05, 3.63) is 35.9 Å². The summed E-state index contributed by atoms with van der Waals surface area (Å²) >= 11 is 0. The molecule has 1 saturated heterocycles. The summed E-state index contributed by atoms with van der Waals surface area (Å²) in [6, 6.07) is 9.11. The van der Waals surface area contributed by atoms with Crippen LogP contribution in [0.3, 0.4) is 0 Å². The second kappa shape index (κ2) is 10.2. The lowest BCUT2D eigenvalue weighted by molar-refractivity contribution is -0.132. The second-order valence-corrected chi connectivity index (χ2v) is 5.79. The van der Waals surface area contributed by atoms with E-state index in [0.29, 0.717) is 37.4 Å². The molecule has 3 N–H and O–H groups in total. The Labute approximate surface area is 144 Å². The molecule has 0 saturated carbocycles. The number of hydrogen-bond donors (Lipinski definition) is 2. The number of piperidine rings is 1. The van der Waals surface area contributed by atoms with Gasteiger partial charge >= 0.3 is 0 Å². The van der Waals surface area contributed by atoms with Crippen molar-refractivity contribution in [2.75, 3.05) is 26.2 Å². The van der Waals surface area contributed by atoms with Crippen molar-refractivity contribution in [2.24, 2.45) is 11.7 Å². The number of benzene rings is 1. The van der Waals surface area contributed by atoms with E-state index in [-0.39, 0.29) is 24.2 Å². The minimum atomic E-state index is -0.0863. The summed E-state index contributed by atoms with van der Waals surface area (Å²) in [7, 11) is 0. The Bertz CT molecular complexity index is 488. The summed E-state index contributed by atoms with van der Waals surface area (Å²) in [6.45, 7) is 2.88. The van der Waals surface area contributed by atoms with E-state index in [2.05, 4.69) is 5.32 Å². The number of carbonyl (C=O) groups excluding carboxylic acids is 2. The van der Waals surface area contributed by atoms with Crippen molar-refractivity contribution in [1.82, 2.24) is 10.2 Å². The Morgan fingerprint density at radius 1 is 1.17 bits per heavy atom. The molecule has 0 unspecified atom stereocenters. The van der Waals surface area contributed by atoms with Gasteiger partial charge in [0.1, 0.15) is 0 Å². The third kappa shape index (κ3) is 6.20. The Hall–Kier alpha value is -1.59. The molecule has 5 nitrogen and oxygen atoms in total. The fraction of sp³-hybridized carbons (Fsp3) is 0.529. The topological polar surface area (TPSA) is 75.4 Å². The van der Waals surface area contributed by atoms with Crippen molar-refractivity contribution < 1.29 is 9.59 Å². The van der Waals surface area contributed by atoms with Gasteiger partial charge < -0.3 is 16.0 Å². The predicted octanol–water partition coefficient (Wildman–Crippen LogP) is 1.82. The van der Waals surface area contributed by atoms with Crippen LogP contribution >= 0.6 is 12.4 Å². The van der Waals surface area contributed by atoms with E-state index in [0.717, 1.165) is 25.9 Å². The summed E-state index contributed by atoms with van der Waals surface area (Å²) in [5, 5.41) is 2.85. The van der Waals surface area contributed by atoms with E-state index in [1.165, 1.54) is 0 Å². The van der Waals surface area contributed by atoms with Crippen LogP contribution in [-0.4, -0.2) is 42.9 Å². The van der Waals surface area contributed by atoms with Gasteiger partial charge in [0.15, 0.2) is 0 Å². The van der Waals surface area contributed by atoms with Crippen LogP contribution in [0.5, 0.6) is 0 Å². The van der Waals surface area contributed by atoms with Gasteiger partial charge in [-0.15, -0.1) is 12.4 Å². The third-order valence-corrected chi connectivity index (χ3v) is 4.19. The Morgan fingerprint density at radius 2 is 1.83 bits per heavy atom. The smallest absolute Gasteiger partial charge is 0.251 e. The maximum Gasteiger partial charge on any atom is 0.251 e. The Balaban J connectivity index is 0.00000264. The fourth-order valence-corrected chi connectivity index (χ4v) is 2.71. The van der Waals surface area contributed by atoms with E-state index in [9.17, 15) is 9.59 Å². The number of likely N-dealkylation sites (tertiary alicyclic amines) is 1. The van der Waals surface area contributed by atoms with Crippen LogP contribution in [0.2, 0.25) is 0 Å². The van der Waals surface area contributed by atoms with Gasteiger partial charge in [-0.25, -0.2) is 0 Å². The van der Waals surface area contributed by atoms with Crippen molar-refractivity contribution in [3.8, 4) is 0 Å². The van der Waals surface area contributed by atoms with Crippen LogP contribution in [0.15, 0.2) is 30.3 Å². The minimum Gasteiger partial charge on any atom is -0.352 e. The van der Waals surface area contributed by atoms with Crippen LogP contribution in [0, 0.1) is 5.92 Å². The van der Waals surface area contributed by atoms with Crippen LogP contribution in [-0.2, 0) is 4.79 Å². The van der Waals surface area contributed by atoms with Crippen molar-refractivity contribution in [3.63, 3.8) is 0 Å². The zero-order valence-corrected chi connectivity index (χ0v) is 14.2. The minimum absolute atomic E-state index is 0. The van der Waals surface area contributed by atoms with Gasteiger partial charge in [-0.1, -0.05) is 18.2 Å². The standard InChI is InChI=1S/C17H25N3O2.ClH/c18-13-14-8-11-20(12-9-14)16(21)7-4-10-19-17(22)15-5-2-1-3-6-15;/h1-3,5-6,14H,4,7-13,18H2,(H,19,22);1H.